The Hall–Kier alpha value is -1.98. The Bertz CT molecular complexity index is 748. The van der Waals surface area contributed by atoms with E-state index in [1.807, 2.05) is 36.4 Å². The van der Waals surface area contributed by atoms with Gasteiger partial charge in [0.05, 0.1) is 5.75 Å². The van der Waals surface area contributed by atoms with Gasteiger partial charge in [0, 0.05) is 22.2 Å². The van der Waals surface area contributed by atoms with Crippen molar-refractivity contribution in [3.05, 3.63) is 59.1 Å². The van der Waals surface area contributed by atoms with Crippen LogP contribution in [0.1, 0.15) is 5.56 Å². The summed E-state index contributed by atoms with van der Waals surface area (Å²) in [4.78, 5) is 26.7. The molecule has 0 unspecified atom stereocenters. The molecule has 1 heterocycles. The molecule has 2 aromatic carbocycles. The third-order valence-corrected chi connectivity index (χ3v) is 4.95. The van der Waals surface area contributed by atoms with Crippen LogP contribution in [0.15, 0.2) is 53.4 Å². The van der Waals surface area contributed by atoms with Crippen LogP contribution in [-0.2, 0) is 20.7 Å². The van der Waals surface area contributed by atoms with E-state index in [1.54, 1.807) is 17.0 Å². The van der Waals surface area contributed by atoms with Gasteiger partial charge in [0.25, 0.3) is 5.91 Å². The van der Waals surface area contributed by atoms with Crippen LogP contribution >= 0.6 is 23.4 Å². The highest BCUT2D eigenvalue weighted by atomic mass is 35.5. The van der Waals surface area contributed by atoms with Crippen molar-refractivity contribution >= 4 is 40.9 Å². The number of para-hydroxylation sites is 1. The zero-order chi connectivity index (χ0) is 16.9. The molecule has 0 spiro atoms. The van der Waals surface area contributed by atoms with Gasteiger partial charge in [-0.3, -0.25) is 9.59 Å². The summed E-state index contributed by atoms with van der Waals surface area (Å²) in [5.41, 5.74) is 2.06. The Morgan fingerprint density at radius 1 is 1.12 bits per heavy atom. The normalized spacial score (nSPS) is 12.8. The lowest BCUT2D eigenvalue weighted by Gasteiger charge is -2.17. The summed E-state index contributed by atoms with van der Waals surface area (Å²) >= 11 is 7.17. The van der Waals surface area contributed by atoms with Gasteiger partial charge in [-0.05, 0) is 42.3 Å². The maximum atomic E-state index is 12.3. The minimum atomic E-state index is -0.407. The van der Waals surface area contributed by atoms with Gasteiger partial charge in [-0.15, -0.1) is 11.8 Å². The van der Waals surface area contributed by atoms with E-state index in [2.05, 4.69) is 0 Å². The molecule has 0 radical (unpaired) electrons. The topological polar surface area (TPSA) is 46.6 Å². The first kappa shape index (κ1) is 16.9. The lowest BCUT2D eigenvalue weighted by atomic mass is 10.2. The zero-order valence-corrected chi connectivity index (χ0v) is 14.5. The van der Waals surface area contributed by atoms with Crippen molar-refractivity contribution in [2.45, 2.75) is 11.3 Å². The first-order valence-corrected chi connectivity index (χ1v) is 8.92. The summed E-state index contributed by atoms with van der Waals surface area (Å²) in [6, 6.07) is 15.0. The number of thioether (sulfide) groups is 1. The molecule has 0 atom stereocenters. The number of benzene rings is 2. The van der Waals surface area contributed by atoms with E-state index in [0.29, 0.717) is 11.6 Å². The molecule has 0 aromatic heterocycles. The Morgan fingerprint density at radius 2 is 1.88 bits per heavy atom. The highest BCUT2D eigenvalue weighted by Crippen LogP contribution is 2.27. The predicted molar refractivity (Wildman–Crippen MR) is 95.6 cm³/mol. The summed E-state index contributed by atoms with van der Waals surface area (Å²) in [5, 5.41) is 0.651. The van der Waals surface area contributed by atoms with Crippen molar-refractivity contribution in [2.75, 3.05) is 23.8 Å². The van der Waals surface area contributed by atoms with Gasteiger partial charge < -0.3 is 9.64 Å². The number of carbonyl (C=O) groups excluding carboxylic acids is 2. The molecule has 4 nitrogen and oxygen atoms in total. The smallest absolute Gasteiger partial charge is 0.316 e. The number of fused-ring (bicyclic) bond motifs is 1. The fourth-order valence-electron chi connectivity index (χ4n) is 2.53. The number of ether oxygens (including phenoxy) is 1. The van der Waals surface area contributed by atoms with E-state index in [1.165, 1.54) is 11.8 Å². The number of hydrogen-bond acceptors (Lipinski definition) is 4. The SMILES string of the molecule is O=C(CSc1ccc(Cl)cc1)OCC(=O)N1CCc2ccccc21. The molecule has 24 heavy (non-hydrogen) atoms. The molecule has 0 saturated heterocycles. The molecule has 1 amide bonds. The van der Waals surface area contributed by atoms with Crippen LogP contribution in [0.2, 0.25) is 5.02 Å². The number of rotatable bonds is 5. The van der Waals surface area contributed by atoms with Crippen LogP contribution in [0.4, 0.5) is 5.69 Å². The molecule has 3 rings (SSSR count). The Kier molecular flexibility index (Phi) is 5.43. The fraction of sp³-hybridized carbons (Fsp3) is 0.222. The van der Waals surface area contributed by atoms with E-state index >= 15 is 0 Å². The number of nitrogens with zero attached hydrogens (tertiary/aromatic N) is 1. The van der Waals surface area contributed by atoms with E-state index in [0.717, 1.165) is 22.6 Å². The number of hydrogen-bond donors (Lipinski definition) is 0. The summed E-state index contributed by atoms with van der Waals surface area (Å²) in [6.45, 7) is 0.406. The molecule has 0 N–H and O–H groups in total. The van der Waals surface area contributed by atoms with Gasteiger partial charge in [0.2, 0.25) is 0 Å². The van der Waals surface area contributed by atoms with Crippen LogP contribution in [-0.4, -0.2) is 30.8 Å². The molecule has 1 aliphatic rings. The largest absolute Gasteiger partial charge is 0.455 e. The molecule has 6 heteroatoms. The second kappa shape index (κ2) is 7.73. The van der Waals surface area contributed by atoms with Crippen molar-refractivity contribution in [1.82, 2.24) is 0 Å². The first-order chi connectivity index (χ1) is 11.6. The Balaban J connectivity index is 1.46. The second-order valence-electron chi connectivity index (χ2n) is 5.33. The lowest BCUT2D eigenvalue weighted by Crippen LogP contribution is -2.33. The van der Waals surface area contributed by atoms with Crippen molar-refractivity contribution in [3.8, 4) is 0 Å². The summed E-state index contributed by atoms with van der Waals surface area (Å²) in [6.07, 6.45) is 0.836. The molecule has 0 bridgehead atoms. The van der Waals surface area contributed by atoms with Gasteiger partial charge in [0.15, 0.2) is 6.61 Å². The molecule has 0 fully saturated rings. The Morgan fingerprint density at radius 3 is 2.67 bits per heavy atom. The molecular formula is C18H16ClNO3S. The van der Waals surface area contributed by atoms with Gasteiger partial charge in [0.1, 0.15) is 0 Å². The summed E-state index contributed by atoms with van der Waals surface area (Å²) < 4.78 is 5.10. The quantitative estimate of drug-likeness (QED) is 0.603. The standard InChI is InChI=1S/C18H16ClNO3S/c19-14-5-7-15(8-6-14)24-12-18(22)23-11-17(21)20-10-9-13-3-1-2-4-16(13)20/h1-8H,9-12H2. The Labute approximate surface area is 149 Å². The highest BCUT2D eigenvalue weighted by Gasteiger charge is 2.24. The monoisotopic (exact) mass is 361 g/mol. The van der Waals surface area contributed by atoms with Gasteiger partial charge >= 0.3 is 5.97 Å². The van der Waals surface area contributed by atoms with E-state index in [9.17, 15) is 9.59 Å². The third kappa shape index (κ3) is 4.10. The van der Waals surface area contributed by atoms with Crippen molar-refractivity contribution in [2.24, 2.45) is 0 Å². The minimum Gasteiger partial charge on any atom is -0.455 e. The van der Waals surface area contributed by atoms with Crippen LogP contribution in [0.25, 0.3) is 0 Å². The van der Waals surface area contributed by atoms with Gasteiger partial charge in [-0.1, -0.05) is 29.8 Å². The number of amides is 1. The molecule has 124 valence electrons. The minimum absolute atomic E-state index is 0.158. The number of carbonyl (C=O) groups is 2. The van der Waals surface area contributed by atoms with E-state index in [-0.39, 0.29) is 18.3 Å². The van der Waals surface area contributed by atoms with Crippen LogP contribution in [0, 0.1) is 0 Å². The number of esters is 1. The zero-order valence-electron chi connectivity index (χ0n) is 12.9. The molecular weight excluding hydrogens is 346 g/mol. The van der Waals surface area contributed by atoms with Crippen LogP contribution in [0.3, 0.4) is 0 Å². The lowest BCUT2D eigenvalue weighted by molar-refractivity contribution is -0.145. The first-order valence-electron chi connectivity index (χ1n) is 7.56. The molecule has 0 saturated carbocycles. The van der Waals surface area contributed by atoms with Gasteiger partial charge in [-0.2, -0.15) is 0 Å². The van der Waals surface area contributed by atoms with Crippen LogP contribution in [0.5, 0.6) is 0 Å². The van der Waals surface area contributed by atoms with E-state index in [4.69, 9.17) is 16.3 Å². The van der Waals surface area contributed by atoms with Gasteiger partial charge in [-0.25, -0.2) is 0 Å². The predicted octanol–water partition coefficient (Wildman–Crippen LogP) is 3.56. The van der Waals surface area contributed by atoms with Crippen molar-refractivity contribution in [3.63, 3.8) is 0 Å². The average molecular weight is 362 g/mol. The maximum absolute atomic E-state index is 12.3. The summed E-state index contributed by atoms with van der Waals surface area (Å²) in [7, 11) is 0. The third-order valence-electron chi connectivity index (χ3n) is 3.72. The van der Waals surface area contributed by atoms with Crippen molar-refractivity contribution in [1.29, 1.82) is 0 Å². The highest BCUT2D eigenvalue weighted by molar-refractivity contribution is 8.00. The molecule has 2 aromatic rings. The van der Waals surface area contributed by atoms with Crippen molar-refractivity contribution < 1.29 is 14.3 Å². The molecule has 1 aliphatic heterocycles. The van der Waals surface area contributed by atoms with Crippen LogP contribution < -0.4 is 4.90 Å². The van der Waals surface area contributed by atoms with E-state index < -0.39 is 5.97 Å². The molecule has 0 aliphatic carbocycles. The summed E-state index contributed by atoms with van der Waals surface area (Å²) in [5.74, 6) is -0.438. The number of halogens is 1. The fourth-order valence-corrected chi connectivity index (χ4v) is 3.35. The maximum Gasteiger partial charge on any atom is 0.316 e. The average Bonchev–Trinajstić information content (AvgIpc) is 3.03. The second-order valence-corrected chi connectivity index (χ2v) is 6.81. The number of anilines is 1.